The second-order valence-corrected chi connectivity index (χ2v) is 5.83. The van der Waals surface area contributed by atoms with E-state index in [1.54, 1.807) is 19.2 Å². The fraction of sp³-hybridized carbons (Fsp3) is 0.143. The van der Waals surface area contributed by atoms with Gasteiger partial charge in [-0.15, -0.1) is 0 Å². The number of methoxy groups -OCH3 is 1. The zero-order valence-corrected chi connectivity index (χ0v) is 14.4. The number of aromatic nitrogens is 1. The number of rotatable bonds is 6. The third-order valence-corrected chi connectivity index (χ3v) is 4.14. The minimum atomic E-state index is -0.427. The fourth-order valence-corrected chi connectivity index (χ4v) is 2.72. The van der Waals surface area contributed by atoms with E-state index in [0.717, 1.165) is 11.1 Å². The summed E-state index contributed by atoms with van der Waals surface area (Å²) in [6.45, 7) is 0.277. The Labute approximate surface area is 151 Å². The van der Waals surface area contributed by atoms with Crippen LogP contribution < -0.4 is 10.9 Å². The number of amides is 1. The van der Waals surface area contributed by atoms with Crippen LogP contribution >= 0.6 is 0 Å². The van der Waals surface area contributed by atoms with E-state index >= 15 is 0 Å². The van der Waals surface area contributed by atoms with Crippen LogP contribution in [0.2, 0.25) is 0 Å². The number of carbonyl (C=O) groups excluding carboxylic acids is 1. The first-order valence-corrected chi connectivity index (χ1v) is 8.33. The van der Waals surface area contributed by atoms with Crippen molar-refractivity contribution in [2.75, 3.05) is 13.7 Å². The van der Waals surface area contributed by atoms with Gasteiger partial charge in [0.1, 0.15) is 5.56 Å². The van der Waals surface area contributed by atoms with E-state index in [2.05, 4.69) is 10.3 Å². The lowest BCUT2D eigenvalue weighted by Crippen LogP contribution is -2.33. The molecule has 1 atom stereocenters. The van der Waals surface area contributed by atoms with Gasteiger partial charge in [-0.2, -0.15) is 0 Å². The second-order valence-electron chi connectivity index (χ2n) is 5.83. The maximum absolute atomic E-state index is 12.4. The van der Waals surface area contributed by atoms with Crippen molar-refractivity contribution in [3.8, 4) is 11.3 Å². The van der Waals surface area contributed by atoms with E-state index in [1.165, 1.54) is 0 Å². The molecule has 5 nitrogen and oxygen atoms in total. The van der Waals surface area contributed by atoms with Crippen molar-refractivity contribution in [3.63, 3.8) is 0 Å². The SMILES string of the molecule is CO[C@@H](CNC(=O)c1ccc(-c2ccccc2)[nH]c1=O)c1ccccc1. The maximum Gasteiger partial charge on any atom is 0.261 e. The molecule has 2 N–H and O–H groups in total. The van der Waals surface area contributed by atoms with Crippen molar-refractivity contribution in [2.45, 2.75) is 6.10 Å². The average Bonchev–Trinajstić information content (AvgIpc) is 2.69. The lowest BCUT2D eigenvalue weighted by Gasteiger charge is -2.16. The Kier molecular flexibility index (Phi) is 5.61. The van der Waals surface area contributed by atoms with Crippen LogP contribution in [0.15, 0.2) is 77.6 Å². The molecular formula is C21H20N2O3. The monoisotopic (exact) mass is 348 g/mol. The molecule has 0 aliphatic heterocycles. The molecule has 0 aliphatic carbocycles. The number of benzene rings is 2. The Morgan fingerprint density at radius 2 is 1.65 bits per heavy atom. The second kappa shape index (κ2) is 8.27. The highest BCUT2D eigenvalue weighted by Gasteiger charge is 2.15. The molecule has 0 saturated heterocycles. The molecule has 0 fully saturated rings. The van der Waals surface area contributed by atoms with Gasteiger partial charge in [0.2, 0.25) is 0 Å². The van der Waals surface area contributed by atoms with Crippen molar-refractivity contribution in [2.24, 2.45) is 0 Å². The molecule has 2 aromatic carbocycles. The zero-order chi connectivity index (χ0) is 18.4. The van der Waals surface area contributed by atoms with E-state index in [-0.39, 0.29) is 18.2 Å². The Bertz CT molecular complexity index is 921. The number of hydrogen-bond acceptors (Lipinski definition) is 3. The molecule has 0 bridgehead atoms. The minimum absolute atomic E-state index is 0.0765. The van der Waals surface area contributed by atoms with Crippen LogP contribution in [-0.4, -0.2) is 24.5 Å². The summed E-state index contributed by atoms with van der Waals surface area (Å²) in [7, 11) is 1.59. The van der Waals surface area contributed by atoms with Crippen LogP contribution in [0.25, 0.3) is 11.3 Å². The van der Waals surface area contributed by atoms with Crippen molar-refractivity contribution >= 4 is 5.91 Å². The van der Waals surface area contributed by atoms with Crippen LogP contribution in [0.4, 0.5) is 0 Å². The predicted octanol–water partition coefficient (Wildman–Crippen LogP) is 3.16. The summed E-state index contributed by atoms with van der Waals surface area (Å²) in [4.78, 5) is 27.4. The molecule has 0 unspecified atom stereocenters. The molecule has 0 spiro atoms. The van der Waals surface area contributed by atoms with Crippen LogP contribution in [0.1, 0.15) is 22.0 Å². The number of ether oxygens (including phenoxy) is 1. The van der Waals surface area contributed by atoms with Crippen molar-refractivity contribution in [3.05, 3.63) is 94.3 Å². The summed E-state index contributed by atoms with van der Waals surface area (Å²) in [5.74, 6) is -0.427. The highest BCUT2D eigenvalue weighted by atomic mass is 16.5. The summed E-state index contributed by atoms with van der Waals surface area (Å²) in [6.07, 6.45) is -0.275. The molecule has 3 rings (SSSR count). The van der Waals surface area contributed by atoms with Gasteiger partial charge in [-0.3, -0.25) is 9.59 Å². The molecule has 1 heterocycles. The first kappa shape index (κ1) is 17.6. The summed E-state index contributed by atoms with van der Waals surface area (Å²) >= 11 is 0. The predicted molar refractivity (Wildman–Crippen MR) is 101 cm³/mol. The van der Waals surface area contributed by atoms with Crippen LogP contribution in [0.5, 0.6) is 0 Å². The van der Waals surface area contributed by atoms with Crippen LogP contribution in [-0.2, 0) is 4.74 Å². The number of H-pyrrole nitrogens is 1. The molecule has 1 amide bonds. The Morgan fingerprint density at radius 3 is 2.27 bits per heavy atom. The number of carbonyl (C=O) groups is 1. The van der Waals surface area contributed by atoms with Gasteiger partial charge in [0.05, 0.1) is 6.10 Å². The van der Waals surface area contributed by atoms with Gasteiger partial charge < -0.3 is 15.0 Å². The lowest BCUT2D eigenvalue weighted by atomic mass is 10.1. The third kappa shape index (κ3) is 4.07. The quantitative estimate of drug-likeness (QED) is 0.719. The zero-order valence-electron chi connectivity index (χ0n) is 14.4. The number of pyridine rings is 1. The Hall–Kier alpha value is -3.18. The van der Waals surface area contributed by atoms with Crippen molar-refractivity contribution in [1.82, 2.24) is 10.3 Å². The van der Waals surface area contributed by atoms with Gasteiger partial charge in [0, 0.05) is 19.3 Å². The normalized spacial score (nSPS) is 11.7. The minimum Gasteiger partial charge on any atom is -0.375 e. The molecule has 3 aromatic rings. The van der Waals surface area contributed by atoms with E-state index < -0.39 is 11.5 Å². The molecule has 132 valence electrons. The number of nitrogens with one attached hydrogen (secondary N) is 2. The van der Waals surface area contributed by atoms with Gasteiger partial charge in [-0.25, -0.2) is 0 Å². The van der Waals surface area contributed by atoms with E-state index in [1.807, 2.05) is 60.7 Å². The van der Waals surface area contributed by atoms with Gasteiger partial charge in [0.25, 0.3) is 11.5 Å². The molecular weight excluding hydrogens is 328 g/mol. The fourth-order valence-electron chi connectivity index (χ4n) is 2.72. The summed E-state index contributed by atoms with van der Waals surface area (Å²) in [5.41, 5.74) is 2.18. The van der Waals surface area contributed by atoms with E-state index in [0.29, 0.717) is 5.69 Å². The molecule has 0 radical (unpaired) electrons. The first-order valence-electron chi connectivity index (χ1n) is 8.33. The van der Waals surface area contributed by atoms with Crippen molar-refractivity contribution in [1.29, 1.82) is 0 Å². The van der Waals surface area contributed by atoms with Gasteiger partial charge in [-0.1, -0.05) is 60.7 Å². The molecule has 26 heavy (non-hydrogen) atoms. The topological polar surface area (TPSA) is 71.2 Å². The van der Waals surface area contributed by atoms with Gasteiger partial charge >= 0.3 is 0 Å². The highest BCUT2D eigenvalue weighted by Crippen LogP contribution is 2.16. The van der Waals surface area contributed by atoms with Crippen LogP contribution in [0, 0.1) is 0 Å². The standard InChI is InChI=1S/C21H20N2O3/c1-26-19(16-10-6-3-7-11-16)14-22-20(24)17-12-13-18(23-21(17)25)15-8-4-2-5-9-15/h2-13,19H,14H2,1H3,(H,22,24)(H,23,25)/t19-/m0/s1. The van der Waals surface area contributed by atoms with Crippen LogP contribution in [0.3, 0.4) is 0 Å². The maximum atomic E-state index is 12.4. The Balaban J connectivity index is 1.71. The molecule has 0 saturated carbocycles. The molecule has 5 heteroatoms. The van der Waals surface area contributed by atoms with E-state index in [9.17, 15) is 9.59 Å². The summed E-state index contributed by atoms with van der Waals surface area (Å²) in [5, 5.41) is 2.76. The smallest absolute Gasteiger partial charge is 0.261 e. The summed E-state index contributed by atoms with van der Waals surface area (Å²) < 4.78 is 5.43. The first-order chi connectivity index (χ1) is 12.7. The van der Waals surface area contributed by atoms with Gasteiger partial charge in [-0.05, 0) is 23.3 Å². The molecule has 0 aliphatic rings. The Morgan fingerprint density at radius 1 is 1.00 bits per heavy atom. The highest BCUT2D eigenvalue weighted by molar-refractivity contribution is 5.94. The lowest BCUT2D eigenvalue weighted by molar-refractivity contribution is 0.0827. The third-order valence-electron chi connectivity index (χ3n) is 4.14. The number of aromatic amines is 1. The summed E-state index contributed by atoms with van der Waals surface area (Å²) in [6, 6.07) is 22.4. The van der Waals surface area contributed by atoms with Crippen molar-refractivity contribution < 1.29 is 9.53 Å². The van der Waals surface area contributed by atoms with E-state index in [4.69, 9.17) is 4.74 Å². The average molecular weight is 348 g/mol. The number of hydrogen-bond donors (Lipinski definition) is 2. The largest absolute Gasteiger partial charge is 0.375 e. The van der Waals surface area contributed by atoms with Gasteiger partial charge in [0.15, 0.2) is 0 Å². The molecule has 1 aromatic heterocycles.